The summed E-state index contributed by atoms with van der Waals surface area (Å²) in [5.41, 5.74) is -1.82. The molecule has 0 aromatic carbocycles. The molecule has 0 spiro atoms. The van der Waals surface area contributed by atoms with Crippen molar-refractivity contribution in [3.05, 3.63) is 0 Å². The minimum Gasteiger partial charge on any atom is -0.336 e. The molecule has 1 unspecified atom stereocenters. The van der Waals surface area contributed by atoms with Gasteiger partial charge in [-0.25, -0.2) is 0 Å². The molecule has 0 aromatic rings. The van der Waals surface area contributed by atoms with Gasteiger partial charge in [-0.15, -0.1) is 12.2 Å². The van der Waals surface area contributed by atoms with Gasteiger partial charge in [-0.1, -0.05) is 57.3 Å². The molecule has 0 fully saturated rings. The maximum Gasteiger partial charge on any atom is 0.117 e. The molecule has 0 N–H and O–H groups in total. The van der Waals surface area contributed by atoms with Gasteiger partial charge in [-0.3, -0.25) is 0 Å². The molecule has 0 bridgehead atoms. The molecule has 116 valence electrons. The van der Waals surface area contributed by atoms with Gasteiger partial charge in [0.25, 0.3) is 0 Å². The van der Waals surface area contributed by atoms with E-state index in [1.807, 2.05) is 0 Å². The molecule has 0 radical (unpaired) electrons. The lowest BCUT2D eigenvalue weighted by atomic mass is 10.1. The second-order valence-electron chi connectivity index (χ2n) is 6.33. The van der Waals surface area contributed by atoms with Gasteiger partial charge in [0.2, 0.25) is 0 Å². The van der Waals surface area contributed by atoms with Crippen LogP contribution in [0.25, 0.3) is 0 Å². The van der Waals surface area contributed by atoms with E-state index in [9.17, 15) is 0 Å². The van der Waals surface area contributed by atoms with Gasteiger partial charge in [0.1, 0.15) is 18.6 Å². The Kier molecular flexibility index (Phi) is 11.1. The largest absolute Gasteiger partial charge is 0.336 e. The number of quaternary nitrogens is 1. The standard InChI is InChI=1S/C14H32NOPS2/c1-5-6-7-8-9-10-11-14-17(18,19)16-13-12-15(2,3)4/h5-14H2,1-4H3/p+1. The fourth-order valence-electron chi connectivity index (χ4n) is 1.79. The SMILES string of the molecule is CCCCCCCCCP(=S)(S)OCC[N+](C)(C)C. The number of unbranched alkanes of at least 4 members (excludes halogenated alkanes) is 6. The van der Waals surface area contributed by atoms with Crippen molar-refractivity contribution in [2.45, 2.75) is 51.9 Å². The number of hydrogen-bond donors (Lipinski definition) is 1. The first-order valence-corrected chi connectivity index (χ1v) is 11.6. The summed E-state index contributed by atoms with van der Waals surface area (Å²) in [4.78, 5) is 0. The Balaban J connectivity index is 3.54. The summed E-state index contributed by atoms with van der Waals surface area (Å²) < 4.78 is 6.74. The predicted molar refractivity (Wildman–Crippen MR) is 95.0 cm³/mol. The fraction of sp³-hybridized carbons (Fsp3) is 1.00. The third-order valence-corrected chi connectivity index (χ3v) is 6.38. The highest BCUT2D eigenvalue weighted by Gasteiger charge is 2.14. The van der Waals surface area contributed by atoms with E-state index in [-0.39, 0.29) is 0 Å². The van der Waals surface area contributed by atoms with Crippen LogP contribution in [0.2, 0.25) is 0 Å². The molecule has 0 amide bonds. The average molecular weight is 327 g/mol. The molecule has 0 heterocycles. The molecule has 5 heteroatoms. The van der Waals surface area contributed by atoms with E-state index in [1.54, 1.807) is 0 Å². The van der Waals surface area contributed by atoms with Crippen molar-refractivity contribution in [3.8, 4) is 0 Å². The van der Waals surface area contributed by atoms with E-state index in [0.29, 0.717) is 0 Å². The van der Waals surface area contributed by atoms with E-state index in [2.05, 4.69) is 40.3 Å². The molecular weight excluding hydrogens is 293 g/mol. The molecule has 0 aliphatic heterocycles. The summed E-state index contributed by atoms with van der Waals surface area (Å²) in [6.07, 6.45) is 10.2. The zero-order chi connectivity index (χ0) is 14.8. The maximum atomic E-state index is 5.83. The summed E-state index contributed by atoms with van der Waals surface area (Å²) in [5.74, 6) is 0. The topological polar surface area (TPSA) is 9.23 Å². The van der Waals surface area contributed by atoms with E-state index < -0.39 is 5.47 Å². The molecule has 0 aromatic heterocycles. The Morgan fingerprint density at radius 3 is 2.05 bits per heavy atom. The molecule has 0 saturated heterocycles. The lowest BCUT2D eigenvalue weighted by molar-refractivity contribution is -0.870. The number of nitrogens with zero attached hydrogens (tertiary/aromatic N) is 1. The number of rotatable bonds is 12. The van der Waals surface area contributed by atoms with Crippen LogP contribution < -0.4 is 0 Å². The second-order valence-corrected chi connectivity index (χ2v) is 12.8. The van der Waals surface area contributed by atoms with Crippen LogP contribution >= 0.6 is 17.7 Å². The van der Waals surface area contributed by atoms with Gasteiger partial charge >= 0.3 is 0 Å². The average Bonchev–Trinajstić information content (AvgIpc) is 2.25. The van der Waals surface area contributed by atoms with Crippen LogP contribution in [0.15, 0.2) is 0 Å². The van der Waals surface area contributed by atoms with Gasteiger partial charge in [-0.2, -0.15) is 0 Å². The van der Waals surface area contributed by atoms with Crippen LogP contribution in [0, 0.1) is 0 Å². The zero-order valence-electron chi connectivity index (χ0n) is 13.2. The summed E-state index contributed by atoms with van der Waals surface area (Å²) in [7, 11) is 6.50. The van der Waals surface area contributed by atoms with Crippen molar-refractivity contribution in [2.75, 3.05) is 40.5 Å². The van der Waals surface area contributed by atoms with Crippen molar-refractivity contribution in [1.82, 2.24) is 0 Å². The number of hydrogen-bond acceptors (Lipinski definition) is 2. The summed E-state index contributed by atoms with van der Waals surface area (Å²) in [5, 5.41) is 0. The molecule has 2 nitrogen and oxygen atoms in total. The first-order chi connectivity index (χ1) is 8.77. The molecule has 0 aliphatic rings. The van der Waals surface area contributed by atoms with Crippen LogP contribution in [0.4, 0.5) is 0 Å². The fourth-order valence-corrected chi connectivity index (χ4v) is 4.19. The van der Waals surface area contributed by atoms with Gasteiger partial charge in [0.15, 0.2) is 0 Å². The first-order valence-electron chi connectivity index (χ1n) is 7.54. The van der Waals surface area contributed by atoms with Crippen molar-refractivity contribution in [3.63, 3.8) is 0 Å². The van der Waals surface area contributed by atoms with Crippen LogP contribution in [-0.2, 0) is 16.3 Å². The predicted octanol–water partition coefficient (Wildman–Crippen LogP) is 4.70. The van der Waals surface area contributed by atoms with Gasteiger partial charge in [0, 0.05) is 6.16 Å². The summed E-state index contributed by atoms with van der Waals surface area (Å²) in [6.45, 7) is 3.99. The van der Waals surface area contributed by atoms with Crippen molar-refractivity contribution >= 4 is 29.5 Å². The van der Waals surface area contributed by atoms with Crippen LogP contribution in [0.1, 0.15) is 51.9 Å². The molecule has 0 aliphatic carbocycles. The van der Waals surface area contributed by atoms with Crippen LogP contribution in [0.3, 0.4) is 0 Å². The van der Waals surface area contributed by atoms with Crippen LogP contribution in [-0.4, -0.2) is 44.9 Å². The summed E-state index contributed by atoms with van der Waals surface area (Å²) >= 11 is 10.1. The quantitative estimate of drug-likeness (QED) is 0.241. The van der Waals surface area contributed by atoms with Crippen LogP contribution in [0.5, 0.6) is 0 Å². The Morgan fingerprint density at radius 1 is 1.00 bits per heavy atom. The normalized spacial score (nSPS) is 15.4. The molecule has 0 rings (SSSR count). The van der Waals surface area contributed by atoms with Crippen molar-refractivity contribution < 1.29 is 9.01 Å². The van der Waals surface area contributed by atoms with E-state index >= 15 is 0 Å². The monoisotopic (exact) mass is 326 g/mol. The second kappa shape index (κ2) is 10.6. The lowest BCUT2D eigenvalue weighted by Crippen LogP contribution is -2.37. The Morgan fingerprint density at radius 2 is 1.53 bits per heavy atom. The third kappa shape index (κ3) is 15.1. The van der Waals surface area contributed by atoms with E-state index in [0.717, 1.165) is 23.8 Å². The van der Waals surface area contributed by atoms with Gasteiger partial charge in [-0.05, 0) is 6.42 Å². The smallest absolute Gasteiger partial charge is 0.117 e. The Bertz CT molecular complexity index is 267. The minimum absolute atomic E-state index is 0.737. The highest BCUT2D eigenvalue weighted by molar-refractivity contribution is 8.61. The number of likely N-dealkylation sites (N-methyl/N-ethyl adjacent to an activating group) is 1. The number of thiol groups is 1. The minimum atomic E-state index is -1.82. The van der Waals surface area contributed by atoms with Gasteiger partial charge in [0.05, 0.1) is 21.1 Å². The maximum absolute atomic E-state index is 5.83. The summed E-state index contributed by atoms with van der Waals surface area (Å²) in [6, 6.07) is 0. The Labute approximate surface area is 131 Å². The Hall–Kier alpha value is 0.920. The highest BCUT2D eigenvalue weighted by atomic mass is 32.9. The molecular formula is C14H33NOPS2+. The van der Waals surface area contributed by atoms with Crippen molar-refractivity contribution in [2.24, 2.45) is 0 Å². The third-order valence-electron chi connectivity index (χ3n) is 3.10. The molecule has 1 atom stereocenters. The van der Waals surface area contributed by atoms with E-state index in [1.165, 1.54) is 44.9 Å². The highest BCUT2D eigenvalue weighted by Crippen LogP contribution is 2.52. The first kappa shape index (κ1) is 19.9. The van der Waals surface area contributed by atoms with Gasteiger partial charge < -0.3 is 9.01 Å². The lowest BCUT2D eigenvalue weighted by Gasteiger charge is -2.25. The van der Waals surface area contributed by atoms with Crippen molar-refractivity contribution in [1.29, 1.82) is 0 Å². The molecule has 19 heavy (non-hydrogen) atoms. The zero-order valence-corrected chi connectivity index (χ0v) is 15.8. The van der Waals surface area contributed by atoms with E-state index in [4.69, 9.17) is 16.3 Å². The molecule has 0 saturated carbocycles.